The first-order valence-corrected chi connectivity index (χ1v) is 7.50. The van der Waals surface area contributed by atoms with E-state index in [1.807, 2.05) is 0 Å². The third-order valence-corrected chi connectivity index (χ3v) is 4.03. The smallest absolute Gasteiger partial charge is 0.341 e. The molecule has 2 N–H and O–H groups in total. The van der Waals surface area contributed by atoms with Gasteiger partial charge in [0.25, 0.3) is 5.56 Å². The van der Waals surface area contributed by atoms with E-state index in [-0.39, 0.29) is 29.8 Å². The number of alkyl halides is 3. The molecule has 0 bridgehead atoms. The Morgan fingerprint density at radius 2 is 2.00 bits per heavy atom. The predicted octanol–water partition coefficient (Wildman–Crippen LogP) is 1.83. The summed E-state index contributed by atoms with van der Waals surface area (Å²) in [6.07, 6.45) is -1.49. The van der Waals surface area contributed by atoms with E-state index in [2.05, 4.69) is 20.3 Å². The van der Waals surface area contributed by atoms with Crippen molar-refractivity contribution in [2.24, 2.45) is 0 Å². The van der Waals surface area contributed by atoms with Crippen molar-refractivity contribution in [2.45, 2.75) is 12.2 Å². The molecule has 1 saturated heterocycles. The van der Waals surface area contributed by atoms with Crippen LogP contribution in [-0.4, -0.2) is 46.8 Å². The summed E-state index contributed by atoms with van der Waals surface area (Å²) in [5.74, 6) is -0.0303. The van der Waals surface area contributed by atoms with Gasteiger partial charge in [-0.1, -0.05) is 11.6 Å². The SMILES string of the molecule is O=c1[nH]c(-c2ccncc2)nc(N2CCNC[C@H]2C(F)(F)F)c1Cl. The first-order valence-electron chi connectivity index (χ1n) is 7.12. The van der Waals surface area contributed by atoms with Crippen LogP contribution in [0.15, 0.2) is 29.3 Å². The van der Waals surface area contributed by atoms with E-state index in [4.69, 9.17) is 11.6 Å². The molecule has 0 unspecified atom stereocenters. The second-order valence-corrected chi connectivity index (χ2v) is 5.62. The Bertz CT molecular complexity index is 780. The molecule has 24 heavy (non-hydrogen) atoms. The standard InChI is InChI=1S/C14H13ClF3N5O/c15-10-12(23-6-5-20-7-9(23)14(16,17)18)21-11(22-13(10)24)8-1-3-19-4-2-8/h1-4,9,20H,5-7H2,(H,21,22,24)/t9-/m0/s1. The van der Waals surface area contributed by atoms with Crippen molar-refractivity contribution in [1.29, 1.82) is 0 Å². The van der Waals surface area contributed by atoms with Crippen molar-refractivity contribution < 1.29 is 13.2 Å². The Morgan fingerprint density at radius 3 is 2.67 bits per heavy atom. The van der Waals surface area contributed by atoms with Crippen LogP contribution in [0.5, 0.6) is 0 Å². The fourth-order valence-electron chi connectivity index (χ4n) is 2.53. The molecule has 128 valence electrons. The molecule has 0 spiro atoms. The fourth-order valence-corrected chi connectivity index (χ4v) is 2.73. The van der Waals surface area contributed by atoms with Gasteiger partial charge in [-0.3, -0.25) is 9.78 Å². The quantitative estimate of drug-likeness (QED) is 0.855. The molecule has 1 aliphatic rings. The Balaban J connectivity index is 2.09. The average Bonchev–Trinajstić information content (AvgIpc) is 2.57. The molecule has 1 aliphatic heterocycles. The van der Waals surface area contributed by atoms with Gasteiger partial charge in [-0.15, -0.1) is 0 Å². The van der Waals surface area contributed by atoms with Crippen molar-refractivity contribution in [3.05, 3.63) is 39.9 Å². The van der Waals surface area contributed by atoms with E-state index in [0.717, 1.165) is 4.90 Å². The largest absolute Gasteiger partial charge is 0.410 e. The van der Waals surface area contributed by atoms with Crippen molar-refractivity contribution in [1.82, 2.24) is 20.3 Å². The molecule has 6 nitrogen and oxygen atoms in total. The maximum atomic E-state index is 13.3. The van der Waals surface area contributed by atoms with Crippen LogP contribution in [0.25, 0.3) is 11.4 Å². The van der Waals surface area contributed by atoms with Crippen molar-refractivity contribution >= 4 is 17.4 Å². The topological polar surface area (TPSA) is 73.9 Å². The fraction of sp³-hybridized carbons (Fsp3) is 0.357. The number of halogens is 4. The van der Waals surface area contributed by atoms with E-state index in [1.165, 1.54) is 12.4 Å². The number of pyridine rings is 1. The van der Waals surface area contributed by atoms with Crippen molar-refractivity contribution in [3.63, 3.8) is 0 Å². The second kappa shape index (κ2) is 6.40. The maximum Gasteiger partial charge on any atom is 0.410 e. The summed E-state index contributed by atoms with van der Waals surface area (Å²) in [6, 6.07) is 1.38. The normalized spacial score (nSPS) is 18.7. The maximum absolute atomic E-state index is 13.3. The summed E-state index contributed by atoms with van der Waals surface area (Å²) in [7, 11) is 0. The first kappa shape index (κ1) is 16.7. The molecule has 1 fully saturated rings. The third kappa shape index (κ3) is 3.22. The zero-order chi connectivity index (χ0) is 17.3. The Hall–Kier alpha value is -2.13. The number of nitrogens with one attached hydrogen (secondary N) is 2. The van der Waals surface area contributed by atoms with Crippen molar-refractivity contribution in [2.75, 3.05) is 24.5 Å². The van der Waals surface area contributed by atoms with Crippen LogP contribution in [0.4, 0.5) is 19.0 Å². The highest BCUT2D eigenvalue weighted by atomic mass is 35.5. The van der Waals surface area contributed by atoms with E-state index in [1.54, 1.807) is 12.1 Å². The van der Waals surface area contributed by atoms with Gasteiger partial charge in [-0.2, -0.15) is 13.2 Å². The van der Waals surface area contributed by atoms with Gasteiger partial charge in [-0.25, -0.2) is 4.98 Å². The predicted molar refractivity (Wildman–Crippen MR) is 83.2 cm³/mol. The number of piperazine rings is 1. The highest BCUT2D eigenvalue weighted by Gasteiger charge is 2.46. The van der Waals surface area contributed by atoms with Gasteiger partial charge in [0.1, 0.15) is 16.9 Å². The summed E-state index contributed by atoms with van der Waals surface area (Å²) in [6.45, 7) is 0.0804. The Kier molecular flexibility index (Phi) is 4.46. The highest BCUT2D eigenvalue weighted by molar-refractivity contribution is 6.32. The van der Waals surface area contributed by atoms with E-state index in [9.17, 15) is 18.0 Å². The number of hydrogen-bond acceptors (Lipinski definition) is 5. The number of aromatic amines is 1. The van der Waals surface area contributed by atoms with Gasteiger partial charge in [0, 0.05) is 37.6 Å². The number of nitrogens with zero attached hydrogens (tertiary/aromatic N) is 3. The van der Waals surface area contributed by atoms with Crippen LogP contribution in [0.1, 0.15) is 0 Å². The van der Waals surface area contributed by atoms with Gasteiger partial charge < -0.3 is 15.2 Å². The molecule has 3 rings (SSSR count). The second-order valence-electron chi connectivity index (χ2n) is 5.24. The lowest BCUT2D eigenvalue weighted by molar-refractivity contribution is -0.149. The van der Waals surface area contributed by atoms with Crippen LogP contribution in [0.2, 0.25) is 5.02 Å². The minimum Gasteiger partial charge on any atom is -0.341 e. The van der Waals surface area contributed by atoms with Crippen LogP contribution < -0.4 is 15.8 Å². The van der Waals surface area contributed by atoms with Gasteiger partial charge in [0.05, 0.1) is 0 Å². The molecule has 0 aliphatic carbocycles. The highest BCUT2D eigenvalue weighted by Crippen LogP contribution is 2.32. The molecule has 0 saturated carbocycles. The molecule has 3 heterocycles. The molecule has 0 aromatic carbocycles. The van der Waals surface area contributed by atoms with Crippen LogP contribution >= 0.6 is 11.6 Å². The Labute approximate surface area is 139 Å². The van der Waals surface area contributed by atoms with Crippen LogP contribution in [0, 0.1) is 0 Å². The summed E-state index contributed by atoms with van der Waals surface area (Å²) in [4.78, 5) is 23.6. The Morgan fingerprint density at radius 1 is 1.29 bits per heavy atom. The zero-order valence-corrected chi connectivity index (χ0v) is 13.0. The first-order chi connectivity index (χ1) is 11.4. The average molecular weight is 360 g/mol. The minimum absolute atomic E-state index is 0.0378. The lowest BCUT2D eigenvalue weighted by atomic mass is 10.2. The number of H-pyrrole nitrogens is 1. The molecule has 1 atom stereocenters. The molecular formula is C14H13ClF3N5O. The van der Waals surface area contributed by atoms with E-state index >= 15 is 0 Å². The molecule has 0 amide bonds. The molecular weight excluding hydrogens is 347 g/mol. The van der Waals surface area contributed by atoms with Gasteiger partial charge in [0.2, 0.25) is 0 Å². The van der Waals surface area contributed by atoms with Gasteiger partial charge in [-0.05, 0) is 12.1 Å². The lowest BCUT2D eigenvalue weighted by Crippen LogP contribution is -2.58. The lowest BCUT2D eigenvalue weighted by Gasteiger charge is -2.38. The molecule has 10 heteroatoms. The number of hydrogen-bond donors (Lipinski definition) is 2. The number of rotatable bonds is 2. The monoisotopic (exact) mass is 359 g/mol. The third-order valence-electron chi connectivity index (χ3n) is 3.69. The summed E-state index contributed by atoms with van der Waals surface area (Å²) < 4.78 is 39.9. The number of aromatic nitrogens is 3. The number of anilines is 1. The molecule has 2 aromatic rings. The van der Waals surface area contributed by atoms with E-state index in [0.29, 0.717) is 12.1 Å². The minimum atomic E-state index is -4.47. The zero-order valence-electron chi connectivity index (χ0n) is 12.3. The molecule has 2 aromatic heterocycles. The van der Waals surface area contributed by atoms with E-state index < -0.39 is 17.8 Å². The summed E-state index contributed by atoms with van der Waals surface area (Å²) in [5.41, 5.74) is -0.161. The van der Waals surface area contributed by atoms with Gasteiger partial charge in [0.15, 0.2) is 5.82 Å². The van der Waals surface area contributed by atoms with Crippen LogP contribution in [0.3, 0.4) is 0 Å². The summed E-state index contributed by atoms with van der Waals surface area (Å²) >= 11 is 5.95. The van der Waals surface area contributed by atoms with Gasteiger partial charge >= 0.3 is 6.18 Å². The van der Waals surface area contributed by atoms with Crippen LogP contribution in [-0.2, 0) is 0 Å². The summed E-state index contributed by atoms with van der Waals surface area (Å²) in [5, 5.41) is 2.34. The molecule has 0 radical (unpaired) electrons. The van der Waals surface area contributed by atoms with Crippen molar-refractivity contribution in [3.8, 4) is 11.4 Å².